The summed E-state index contributed by atoms with van der Waals surface area (Å²) in [6.45, 7) is 5.68. The predicted molar refractivity (Wildman–Crippen MR) is 94.0 cm³/mol. The lowest BCUT2D eigenvalue weighted by molar-refractivity contribution is 0.109. The van der Waals surface area contributed by atoms with E-state index in [2.05, 4.69) is 25.3 Å². The van der Waals surface area contributed by atoms with Crippen LogP contribution in [-0.4, -0.2) is 46.3 Å². The molecule has 2 atom stereocenters. The molecular formula is C17H25N5O2S. The summed E-state index contributed by atoms with van der Waals surface area (Å²) < 4.78 is 10.8. The molecule has 7 nitrogen and oxygen atoms in total. The van der Waals surface area contributed by atoms with E-state index >= 15 is 0 Å². The fraction of sp³-hybridized carbons (Fsp3) is 0.706. The van der Waals surface area contributed by atoms with Gasteiger partial charge in [-0.15, -0.1) is 11.3 Å². The van der Waals surface area contributed by atoms with Crippen LogP contribution in [0, 0.1) is 5.41 Å². The monoisotopic (exact) mass is 363 g/mol. The largest absolute Gasteiger partial charge is 0.374 e. The van der Waals surface area contributed by atoms with Gasteiger partial charge in [0, 0.05) is 24.7 Å². The number of hydrogen-bond acceptors (Lipinski definition) is 8. The van der Waals surface area contributed by atoms with Gasteiger partial charge >= 0.3 is 0 Å². The highest BCUT2D eigenvalue weighted by Gasteiger charge is 2.56. The summed E-state index contributed by atoms with van der Waals surface area (Å²) >= 11 is 1.70. The van der Waals surface area contributed by atoms with Crippen molar-refractivity contribution in [2.24, 2.45) is 5.41 Å². The molecule has 3 heterocycles. The maximum absolute atomic E-state index is 5.48. The zero-order chi connectivity index (χ0) is 17.3. The van der Waals surface area contributed by atoms with Crippen LogP contribution in [0.25, 0.3) is 0 Å². The van der Waals surface area contributed by atoms with E-state index in [4.69, 9.17) is 9.26 Å². The molecule has 0 amide bonds. The molecule has 1 saturated carbocycles. The quantitative estimate of drug-likeness (QED) is 0.809. The molecule has 1 aliphatic heterocycles. The third kappa shape index (κ3) is 3.62. The lowest BCUT2D eigenvalue weighted by Crippen LogP contribution is -2.35. The Morgan fingerprint density at radius 3 is 3.00 bits per heavy atom. The summed E-state index contributed by atoms with van der Waals surface area (Å²) in [4.78, 5) is 11.5. The highest BCUT2D eigenvalue weighted by molar-refractivity contribution is 7.09. The lowest BCUT2D eigenvalue weighted by atomic mass is 9.93. The summed E-state index contributed by atoms with van der Waals surface area (Å²) in [6, 6.07) is 0.577. The third-order valence-electron chi connectivity index (χ3n) is 5.55. The van der Waals surface area contributed by atoms with Crippen molar-refractivity contribution in [2.75, 3.05) is 20.2 Å². The molecule has 2 aromatic rings. The van der Waals surface area contributed by atoms with E-state index in [1.165, 1.54) is 19.3 Å². The summed E-state index contributed by atoms with van der Waals surface area (Å²) in [5, 5.41) is 10.7. The second-order valence-electron chi connectivity index (χ2n) is 7.09. The second-order valence-corrected chi connectivity index (χ2v) is 8.07. The van der Waals surface area contributed by atoms with Gasteiger partial charge in [0.25, 0.3) is 0 Å². The number of nitrogens with zero attached hydrogens (tertiary/aromatic N) is 4. The minimum Gasteiger partial charge on any atom is -0.374 e. The van der Waals surface area contributed by atoms with E-state index in [0.717, 1.165) is 24.6 Å². The molecule has 0 unspecified atom stereocenters. The smallest absolute Gasteiger partial charge is 0.240 e. The number of thiazole rings is 1. The topological polar surface area (TPSA) is 76.3 Å². The summed E-state index contributed by atoms with van der Waals surface area (Å²) in [6.07, 6.45) is 5.48. The second kappa shape index (κ2) is 7.11. The Bertz CT molecular complexity index is 683. The maximum atomic E-state index is 5.48. The van der Waals surface area contributed by atoms with Gasteiger partial charge in [0.2, 0.25) is 5.89 Å². The molecule has 2 aromatic heterocycles. The number of methoxy groups -OCH3 is 1. The molecule has 1 saturated heterocycles. The molecule has 1 spiro atoms. The van der Waals surface area contributed by atoms with Crippen molar-refractivity contribution >= 4 is 11.3 Å². The van der Waals surface area contributed by atoms with Gasteiger partial charge in [-0.1, -0.05) is 5.16 Å². The molecule has 2 fully saturated rings. The van der Waals surface area contributed by atoms with Crippen molar-refractivity contribution < 1.29 is 9.26 Å². The first kappa shape index (κ1) is 17.1. The van der Waals surface area contributed by atoms with E-state index in [9.17, 15) is 0 Å². The maximum Gasteiger partial charge on any atom is 0.240 e. The molecule has 1 aliphatic carbocycles. The van der Waals surface area contributed by atoms with Crippen molar-refractivity contribution in [2.45, 2.75) is 51.4 Å². The van der Waals surface area contributed by atoms with E-state index in [0.29, 0.717) is 29.7 Å². The predicted octanol–water partition coefficient (Wildman–Crippen LogP) is 2.38. The minimum atomic E-state index is -0.151. The van der Waals surface area contributed by atoms with Crippen LogP contribution in [0.4, 0.5) is 0 Å². The van der Waals surface area contributed by atoms with Gasteiger partial charge in [-0.25, -0.2) is 4.98 Å². The van der Waals surface area contributed by atoms with E-state index in [1.807, 2.05) is 18.5 Å². The Hall–Kier alpha value is -1.35. The van der Waals surface area contributed by atoms with Crippen molar-refractivity contribution in [1.29, 1.82) is 0 Å². The number of ether oxygens (including phenoxy) is 1. The van der Waals surface area contributed by atoms with Gasteiger partial charge in [0.15, 0.2) is 5.82 Å². The Morgan fingerprint density at radius 2 is 2.28 bits per heavy atom. The van der Waals surface area contributed by atoms with Crippen LogP contribution >= 0.6 is 11.3 Å². The molecular weight excluding hydrogens is 338 g/mol. The first-order chi connectivity index (χ1) is 12.2. The fourth-order valence-corrected chi connectivity index (χ4v) is 4.50. The summed E-state index contributed by atoms with van der Waals surface area (Å²) in [7, 11) is 1.65. The number of piperidine rings is 1. The first-order valence-electron chi connectivity index (χ1n) is 8.88. The summed E-state index contributed by atoms with van der Waals surface area (Å²) in [5.74, 6) is 1.27. The number of rotatable bonds is 7. The molecule has 25 heavy (non-hydrogen) atoms. The molecule has 4 rings (SSSR count). The van der Waals surface area contributed by atoms with Crippen molar-refractivity contribution in [3.63, 3.8) is 0 Å². The standard InChI is InChI=1S/C17H25N5O2S/c1-12(23-2)16-20-14(24-21-16)10-22(11-15-19-7-8-25-15)13-9-17(13)3-5-18-6-4-17/h7-8,12-13,18H,3-6,9-11H2,1-2H3/t12-,13-/m1/s1. The molecule has 8 heteroatoms. The van der Waals surface area contributed by atoms with E-state index in [1.54, 1.807) is 18.4 Å². The highest BCUT2D eigenvalue weighted by Crippen LogP contribution is 2.56. The van der Waals surface area contributed by atoms with E-state index in [-0.39, 0.29) is 6.10 Å². The van der Waals surface area contributed by atoms with Crippen molar-refractivity contribution in [1.82, 2.24) is 25.3 Å². The van der Waals surface area contributed by atoms with Crippen LogP contribution in [0.1, 0.15) is 49.0 Å². The molecule has 1 N–H and O–H groups in total. The van der Waals surface area contributed by atoms with Crippen LogP contribution in [0.5, 0.6) is 0 Å². The number of aromatic nitrogens is 3. The lowest BCUT2D eigenvalue weighted by Gasteiger charge is -2.28. The summed E-state index contributed by atoms with van der Waals surface area (Å²) in [5.41, 5.74) is 0.463. The Labute approximate surface area is 151 Å². The van der Waals surface area contributed by atoms with Gasteiger partial charge in [0.1, 0.15) is 11.1 Å². The van der Waals surface area contributed by atoms with Crippen molar-refractivity contribution in [3.8, 4) is 0 Å². The zero-order valence-electron chi connectivity index (χ0n) is 14.8. The third-order valence-corrected chi connectivity index (χ3v) is 6.31. The van der Waals surface area contributed by atoms with Gasteiger partial charge in [-0.3, -0.25) is 4.90 Å². The van der Waals surface area contributed by atoms with Gasteiger partial charge in [-0.2, -0.15) is 4.98 Å². The minimum absolute atomic E-state index is 0.151. The first-order valence-corrected chi connectivity index (χ1v) is 9.76. The Kier molecular flexibility index (Phi) is 4.86. The fourth-order valence-electron chi connectivity index (χ4n) is 3.86. The molecule has 0 radical (unpaired) electrons. The Balaban J connectivity index is 1.49. The molecule has 0 aromatic carbocycles. The average Bonchev–Trinajstić information content (AvgIpc) is 3.03. The number of nitrogens with one attached hydrogen (secondary N) is 1. The van der Waals surface area contributed by atoms with Crippen LogP contribution < -0.4 is 5.32 Å². The van der Waals surface area contributed by atoms with E-state index < -0.39 is 0 Å². The SMILES string of the molecule is CO[C@H](C)c1noc(CN(Cc2nccs2)[C@@H]2CC23CCNCC3)n1. The molecule has 2 aliphatic rings. The highest BCUT2D eigenvalue weighted by atomic mass is 32.1. The zero-order valence-corrected chi connectivity index (χ0v) is 15.6. The van der Waals surface area contributed by atoms with Crippen LogP contribution in [0.3, 0.4) is 0 Å². The van der Waals surface area contributed by atoms with Crippen LogP contribution in [0.15, 0.2) is 16.1 Å². The van der Waals surface area contributed by atoms with Crippen LogP contribution in [-0.2, 0) is 17.8 Å². The van der Waals surface area contributed by atoms with Crippen molar-refractivity contribution in [3.05, 3.63) is 28.3 Å². The average molecular weight is 363 g/mol. The normalized spacial score (nSPS) is 23.2. The van der Waals surface area contributed by atoms with Gasteiger partial charge in [0.05, 0.1) is 13.1 Å². The van der Waals surface area contributed by atoms with Gasteiger partial charge in [-0.05, 0) is 44.7 Å². The molecule has 0 bridgehead atoms. The van der Waals surface area contributed by atoms with Crippen LogP contribution in [0.2, 0.25) is 0 Å². The van der Waals surface area contributed by atoms with Gasteiger partial charge < -0.3 is 14.6 Å². The Morgan fingerprint density at radius 1 is 1.44 bits per heavy atom. The number of hydrogen-bond donors (Lipinski definition) is 1. The molecule has 136 valence electrons.